The fourth-order valence-corrected chi connectivity index (χ4v) is 2.81. The maximum atomic E-state index is 6.16. The normalized spacial score (nSPS) is 16.7. The van der Waals surface area contributed by atoms with E-state index < -0.39 is 0 Å². The van der Waals surface area contributed by atoms with Gasteiger partial charge in [-0.15, -0.1) is 0 Å². The van der Waals surface area contributed by atoms with Crippen molar-refractivity contribution in [3.8, 4) is 0 Å². The summed E-state index contributed by atoms with van der Waals surface area (Å²) in [6, 6.07) is 5.73. The van der Waals surface area contributed by atoms with Crippen molar-refractivity contribution in [2.75, 3.05) is 38.5 Å². The lowest BCUT2D eigenvalue weighted by Gasteiger charge is -2.34. The summed E-state index contributed by atoms with van der Waals surface area (Å²) in [5, 5.41) is 4.62. The molecule has 1 aromatic rings. The molecule has 1 fully saturated rings. The average Bonchev–Trinajstić information content (AvgIpc) is 2.33. The Morgan fingerprint density at radius 2 is 2.00 bits per heavy atom. The molecule has 0 aliphatic carbocycles. The highest BCUT2D eigenvalue weighted by molar-refractivity contribution is 9.10. The Morgan fingerprint density at radius 1 is 1.33 bits per heavy atom. The van der Waals surface area contributed by atoms with Crippen molar-refractivity contribution in [2.45, 2.75) is 0 Å². The van der Waals surface area contributed by atoms with Crippen molar-refractivity contribution in [2.24, 2.45) is 0 Å². The Hall–Kier alpha value is -0.360. The van der Waals surface area contributed by atoms with Crippen molar-refractivity contribution in [1.82, 2.24) is 9.80 Å². The third-order valence-electron chi connectivity index (χ3n) is 2.96. The predicted molar refractivity (Wildman–Crippen MR) is 84.4 cm³/mol. The first-order valence-corrected chi connectivity index (χ1v) is 7.34. The van der Waals surface area contributed by atoms with Crippen molar-refractivity contribution in [1.29, 1.82) is 0 Å². The minimum absolute atomic E-state index is 0.667. The van der Waals surface area contributed by atoms with Gasteiger partial charge in [-0.1, -0.05) is 27.5 Å². The molecule has 18 heavy (non-hydrogen) atoms. The standard InChI is InChI=1S/C12H15BrClN3S/c1-16-4-6-17(7-5-16)12(18)15-11-3-2-9(13)8-10(11)14/h2-3,8H,4-7H2,1H3,(H,15,18). The molecule has 6 heteroatoms. The van der Waals surface area contributed by atoms with Crippen LogP contribution in [-0.2, 0) is 0 Å². The van der Waals surface area contributed by atoms with E-state index in [1.54, 1.807) is 0 Å². The Morgan fingerprint density at radius 3 is 2.61 bits per heavy atom. The van der Waals surface area contributed by atoms with Crippen LogP contribution in [0.4, 0.5) is 5.69 Å². The molecule has 0 atom stereocenters. The van der Waals surface area contributed by atoms with E-state index in [0.29, 0.717) is 5.02 Å². The van der Waals surface area contributed by atoms with Crippen molar-refractivity contribution < 1.29 is 0 Å². The molecular weight excluding hydrogens is 334 g/mol. The number of benzene rings is 1. The summed E-state index contributed by atoms with van der Waals surface area (Å²) in [6.07, 6.45) is 0. The molecule has 0 bridgehead atoms. The molecule has 0 unspecified atom stereocenters. The summed E-state index contributed by atoms with van der Waals surface area (Å²) >= 11 is 15.0. The van der Waals surface area contributed by atoms with Crippen LogP contribution in [0.3, 0.4) is 0 Å². The average molecular weight is 349 g/mol. The first-order valence-electron chi connectivity index (χ1n) is 5.76. The van der Waals surface area contributed by atoms with Crippen molar-refractivity contribution in [3.63, 3.8) is 0 Å². The van der Waals surface area contributed by atoms with Gasteiger partial charge in [0.05, 0.1) is 10.7 Å². The van der Waals surface area contributed by atoms with Crippen LogP contribution < -0.4 is 5.32 Å². The second kappa shape index (κ2) is 6.19. The number of nitrogens with zero attached hydrogens (tertiary/aromatic N) is 2. The fraction of sp³-hybridized carbons (Fsp3) is 0.417. The molecule has 0 saturated carbocycles. The number of thiocarbonyl (C=S) groups is 1. The highest BCUT2D eigenvalue weighted by atomic mass is 79.9. The number of hydrogen-bond acceptors (Lipinski definition) is 2. The molecule has 0 amide bonds. The van der Waals surface area contributed by atoms with Crippen LogP contribution in [0.5, 0.6) is 0 Å². The van der Waals surface area contributed by atoms with Gasteiger partial charge in [0, 0.05) is 30.7 Å². The van der Waals surface area contributed by atoms with Gasteiger partial charge in [0.1, 0.15) is 0 Å². The molecule has 2 rings (SSSR count). The molecule has 1 saturated heterocycles. The number of hydrogen-bond donors (Lipinski definition) is 1. The molecule has 1 aromatic carbocycles. The van der Waals surface area contributed by atoms with Crippen LogP contribution in [0.2, 0.25) is 5.02 Å². The molecular formula is C12H15BrClN3S. The highest BCUT2D eigenvalue weighted by Crippen LogP contribution is 2.25. The second-order valence-electron chi connectivity index (χ2n) is 4.34. The van der Waals surface area contributed by atoms with Crippen LogP contribution >= 0.6 is 39.7 Å². The molecule has 1 N–H and O–H groups in total. The van der Waals surface area contributed by atoms with E-state index in [-0.39, 0.29) is 0 Å². The van der Waals surface area contributed by atoms with E-state index in [4.69, 9.17) is 23.8 Å². The monoisotopic (exact) mass is 347 g/mol. The highest BCUT2D eigenvalue weighted by Gasteiger charge is 2.16. The van der Waals surface area contributed by atoms with Gasteiger partial charge >= 0.3 is 0 Å². The maximum Gasteiger partial charge on any atom is 0.173 e. The zero-order valence-corrected chi connectivity index (χ0v) is 13.3. The van der Waals surface area contributed by atoms with Gasteiger partial charge in [-0.3, -0.25) is 0 Å². The summed E-state index contributed by atoms with van der Waals surface area (Å²) in [4.78, 5) is 4.47. The van der Waals surface area contributed by atoms with Crippen LogP contribution in [-0.4, -0.2) is 48.1 Å². The third-order valence-corrected chi connectivity index (χ3v) is 4.13. The summed E-state index contributed by atoms with van der Waals surface area (Å²) < 4.78 is 0.962. The van der Waals surface area contributed by atoms with Crippen LogP contribution in [0, 0.1) is 0 Å². The van der Waals surface area contributed by atoms with E-state index in [1.807, 2.05) is 18.2 Å². The van der Waals surface area contributed by atoms with E-state index in [9.17, 15) is 0 Å². The van der Waals surface area contributed by atoms with Crippen molar-refractivity contribution >= 4 is 50.5 Å². The number of piperazine rings is 1. The minimum atomic E-state index is 0.667. The van der Waals surface area contributed by atoms with Gasteiger partial charge in [0.2, 0.25) is 0 Å². The summed E-state index contributed by atoms with van der Waals surface area (Å²) in [7, 11) is 2.12. The van der Waals surface area contributed by atoms with Crippen LogP contribution in [0.25, 0.3) is 0 Å². The molecule has 0 aromatic heterocycles. The van der Waals surface area contributed by atoms with Gasteiger partial charge in [-0.2, -0.15) is 0 Å². The molecule has 0 radical (unpaired) electrons. The van der Waals surface area contributed by atoms with E-state index >= 15 is 0 Å². The summed E-state index contributed by atoms with van der Waals surface area (Å²) in [5.74, 6) is 0. The third kappa shape index (κ3) is 3.57. The molecule has 3 nitrogen and oxygen atoms in total. The Bertz CT molecular complexity index is 447. The molecule has 0 spiro atoms. The zero-order chi connectivity index (χ0) is 13.1. The first-order chi connectivity index (χ1) is 8.56. The largest absolute Gasteiger partial charge is 0.346 e. The Labute approximate surface area is 126 Å². The lowest BCUT2D eigenvalue weighted by Crippen LogP contribution is -2.48. The van der Waals surface area contributed by atoms with E-state index in [2.05, 4.69) is 38.1 Å². The zero-order valence-electron chi connectivity index (χ0n) is 10.1. The van der Waals surface area contributed by atoms with Crippen molar-refractivity contribution in [3.05, 3.63) is 27.7 Å². The Kier molecular flexibility index (Phi) is 4.84. The van der Waals surface area contributed by atoms with Gasteiger partial charge in [0.15, 0.2) is 5.11 Å². The lowest BCUT2D eigenvalue weighted by molar-refractivity contribution is 0.217. The Balaban J connectivity index is 1.98. The smallest absolute Gasteiger partial charge is 0.173 e. The van der Waals surface area contributed by atoms with Gasteiger partial charge in [-0.05, 0) is 37.5 Å². The quantitative estimate of drug-likeness (QED) is 0.786. The summed E-state index contributed by atoms with van der Waals surface area (Å²) in [5.41, 5.74) is 0.851. The number of nitrogens with one attached hydrogen (secondary N) is 1. The van der Waals surface area contributed by atoms with Gasteiger partial charge in [-0.25, -0.2) is 0 Å². The van der Waals surface area contributed by atoms with E-state index in [1.165, 1.54) is 0 Å². The molecule has 98 valence electrons. The number of anilines is 1. The predicted octanol–water partition coefficient (Wildman–Crippen LogP) is 3.05. The number of halogens is 2. The minimum Gasteiger partial charge on any atom is -0.346 e. The molecule has 1 aliphatic heterocycles. The second-order valence-corrected chi connectivity index (χ2v) is 6.05. The first kappa shape index (κ1) is 14.1. The SMILES string of the molecule is CN1CCN(C(=S)Nc2ccc(Br)cc2Cl)CC1. The van der Waals surface area contributed by atoms with E-state index in [0.717, 1.165) is 41.5 Å². The maximum absolute atomic E-state index is 6.16. The molecule has 1 aliphatic rings. The van der Waals surface area contributed by atoms with Gasteiger partial charge < -0.3 is 15.1 Å². The number of rotatable bonds is 1. The van der Waals surface area contributed by atoms with Crippen LogP contribution in [0.1, 0.15) is 0 Å². The summed E-state index contributed by atoms with van der Waals surface area (Å²) in [6.45, 7) is 3.98. The van der Waals surface area contributed by atoms with Gasteiger partial charge in [0.25, 0.3) is 0 Å². The fourth-order valence-electron chi connectivity index (χ4n) is 1.79. The lowest BCUT2D eigenvalue weighted by atomic mass is 10.3. The topological polar surface area (TPSA) is 18.5 Å². The molecule has 1 heterocycles. The van der Waals surface area contributed by atoms with Crippen LogP contribution in [0.15, 0.2) is 22.7 Å². The number of likely N-dealkylation sites (N-methyl/N-ethyl adjacent to an activating group) is 1.